The van der Waals surface area contributed by atoms with Gasteiger partial charge in [-0.2, -0.15) is 5.10 Å². The molecule has 0 aliphatic heterocycles. The van der Waals surface area contributed by atoms with Gasteiger partial charge in [-0.25, -0.2) is 21.9 Å². The van der Waals surface area contributed by atoms with E-state index in [0.717, 1.165) is 17.8 Å². The van der Waals surface area contributed by atoms with Crippen LogP contribution in [0.2, 0.25) is 0 Å². The molecule has 0 saturated heterocycles. The first-order chi connectivity index (χ1) is 14.8. The van der Waals surface area contributed by atoms with Gasteiger partial charge in [0.1, 0.15) is 22.3 Å². The highest BCUT2D eigenvalue weighted by molar-refractivity contribution is 7.92. The van der Waals surface area contributed by atoms with Crippen molar-refractivity contribution in [2.45, 2.75) is 11.8 Å². The molecular formula is C20H15F2N5O3S. The smallest absolute Gasteiger partial charge is 0.264 e. The first kappa shape index (κ1) is 20.4. The zero-order valence-corrected chi connectivity index (χ0v) is 16.8. The van der Waals surface area contributed by atoms with Crippen LogP contribution in [0.25, 0.3) is 5.82 Å². The van der Waals surface area contributed by atoms with E-state index in [1.54, 1.807) is 23.0 Å². The molecule has 8 nitrogen and oxygen atoms in total. The Bertz CT molecular complexity index is 1320. The van der Waals surface area contributed by atoms with E-state index < -0.39 is 26.6 Å². The molecule has 4 rings (SSSR count). The largest absolute Gasteiger partial charge is 0.438 e. The lowest BCUT2D eigenvalue weighted by Crippen LogP contribution is -2.14. The Balaban J connectivity index is 1.45. The van der Waals surface area contributed by atoms with Crippen molar-refractivity contribution in [2.24, 2.45) is 0 Å². The number of sulfonamides is 1. The van der Waals surface area contributed by atoms with Crippen LogP contribution in [0.15, 0.2) is 71.8 Å². The molecule has 0 spiro atoms. The number of halogens is 2. The molecule has 1 N–H and O–H groups in total. The third kappa shape index (κ3) is 4.67. The predicted octanol–water partition coefficient (Wildman–Crippen LogP) is 3.84. The van der Waals surface area contributed by atoms with Crippen molar-refractivity contribution in [3.05, 3.63) is 84.2 Å². The van der Waals surface area contributed by atoms with Gasteiger partial charge in [0, 0.05) is 18.0 Å². The van der Waals surface area contributed by atoms with E-state index in [9.17, 15) is 17.2 Å². The van der Waals surface area contributed by atoms with Crippen molar-refractivity contribution in [3.63, 3.8) is 0 Å². The molecule has 0 saturated carbocycles. The van der Waals surface area contributed by atoms with Crippen molar-refractivity contribution in [2.75, 3.05) is 4.72 Å². The van der Waals surface area contributed by atoms with Crippen LogP contribution in [0.5, 0.6) is 11.6 Å². The summed E-state index contributed by atoms with van der Waals surface area (Å²) in [5.74, 6) is -0.795. The summed E-state index contributed by atoms with van der Waals surface area (Å²) in [6.45, 7) is 1.86. The molecule has 2 aromatic heterocycles. The normalized spacial score (nSPS) is 11.3. The average Bonchev–Trinajstić information content (AvgIpc) is 3.18. The fourth-order valence-electron chi connectivity index (χ4n) is 2.64. The van der Waals surface area contributed by atoms with Gasteiger partial charge in [0.2, 0.25) is 5.88 Å². The topological polar surface area (TPSA) is 99.0 Å². The van der Waals surface area contributed by atoms with Crippen molar-refractivity contribution in [1.82, 2.24) is 20.0 Å². The molecule has 0 amide bonds. The Labute approximate surface area is 176 Å². The molecule has 4 aromatic rings. The molecule has 0 fully saturated rings. The van der Waals surface area contributed by atoms with Crippen LogP contribution in [-0.4, -0.2) is 28.4 Å². The van der Waals surface area contributed by atoms with Crippen molar-refractivity contribution < 1.29 is 21.9 Å². The average molecular weight is 443 g/mol. The quantitative estimate of drug-likeness (QED) is 0.486. The predicted molar refractivity (Wildman–Crippen MR) is 108 cm³/mol. The molecule has 2 aromatic carbocycles. The number of benzene rings is 2. The van der Waals surface area contributed by atoms with Crippen molar-refractivity contribution in [1.29, 1.82) is 0 Å². The number of rotatable bonds is 6. The van der Waals surface area contributed by atoms with Crippen molar-refractivity contribution >= 4 is 15.7 Å². The molecule has 11 heteroatoms. The molecule has 2 heterocycles. The van der Waals surface area contributed by atoms with Crippen LogP contribution in [0.3, 0.4) is 0 Å². The van der Waals surface area contributed by atoms with Crippen molar-refractivity contribution in [3.8, 4) is 17.4 Å². The van der Waals surface area contributed by atoms with Gasteiger partial charge in [-0.3, -0.25) is 4.72 Å². The summed E-state index contributed by atoms with van der Waals surface area (Å²) in [5, 5.41) is 12.3. The van der Waals surface area contributed by atoms with Gasteiger partial charge in [0.05, 0.1) is 5.69 Å². The van der Waals surface area contributed by atoms with E-state index in [0.29, 0.717) is 17.6 Å². The van der Waals surface area contributed by atoms with Crippen LogP contribution in [0.1, 0.15) is 5.69 Å². The molecule has 0 bridgehead atoms. The first-order valence-corrected chi connectivity index (χ1v) is 10.4. The second kappa shape index (κ2) is 8.11. The summed E-state index contributed by atoms with van der Waals surface area (Å²) < 4.78 is 61.1. The SMILES string of the molecule is Cc1ccn(-c2ccc(Oc3ccc(NS(=O)(=O)c4cc(F)ccc4F)cc3)nn2)n1. The van der Waals surface area contributed by atoms with Gasteiger partial charge >= 0.3 is 0 Å². The molecule has 0 unspecified atom stereocenters. The van der Waals surface area contributed by atoms with Gasteiger partial charge < -0.3 is 4.74 Å². The maximum atomic E-state index is 13.8. The number of aryl methyl sites for hydroxylation is 1. The van der Waals surface area contributed by atoms with Crippen LogP contribution >= 0.6 is 0 Å². The Hall–Kier alpha value is -3.86. The van der Waals surface area contributed by atoms with E-state index in [4.69, 9.17) is 4.74 Å². The maximum Gasteiger partial charge on any atom is 0.264 e. The zero-order chi connectivity index (χ0) is 22.0. The lowest BCUT2D eigenvalue weighted by molar-refractivity contribution is 0.454. The molecule has 0 atom stereocenters. The molecule has 158 valence electrons. The monoisotopic (exact) mass is 443 g/mol. The summed E-state index contributed by atoms with van der Waals surface area (Å²) in [4.78, 5) is -0.782. The van der Waals surface area contributed by atoms with Gasteiger partial charge in [-0.15, -0.1) is 10.2 Å². The lowest BCUT2D eigenvalue weighted by Gasteiger charge is -2.10. The van der Waals surface area contributed by atoms with Crippen LogP contribution < -0.4 is 9.46 Å². The molecule has 0 aliphatic carbocycles. The molecular weight excluding hydrogens is 428 g/mol. The maximum absolute atomic E-state index is 13.8. The van der Waals surface area contributed by atoms with Gasteiger partial charge in [0.25, 0.3) is 10.0 Å². The van der Waals surface area contributed by atoms with Crippen LogP contribution in [-0.2, 0) is 10.0 Å². The Kier molecular flexibility index (Phi) is 5.34. The number of aromatic nitrogens is 4. The molecule has 0 radical (unpaired) electrons. The van der Waals surface area contributed by atoms with E-state index in [-0.39, 0.29) is 11.6 Å². The fourth-order valence-corrected chi connectivity index (χ4v) is 3.79. The first-order valence-electron chi connectivity index (χ1n) is 8.92. The number of hydrogen-bond acceptors (Lipinski definition) is 6. The number of anilines is 1. The van der Waals surface area contributed by atoms with E-state index >= 15 is 0 Å². The molecule has 0 aliphatic rings. The van der Waals surface area contributed by atoms with Gasteiger partial charge in [0.15, 0.2) is 5.82 Å². The Morgan fingerprint density at radius 1 is 0.968 bits per heavy atom. The zero-order valence-electron chi connectivity index (χ0n) is 16.0. The fraction of sp³-hybridized carbons (Fsp3) is 0.0500. The third-order valence-electron chi connectivity index (χ3n) is 4.09. The number of nitrogens with zero attached hydrogens (tertiary/aromatic N) is 4. The highest BCUT2D eigenvalue weighted by Crippen LogP contribution is 2.24. The standard InChI is InChI=1S/C20H15F2N5O3S/c1-13-10-11-27(25-13)19-8-9-20(24-23-19)30-16-5-3-15(4-6-16)26-31(28,29)18-12-14(21)2-7-17(18)22/h2-12,26H,1H3. The summed E-state index contributed by atoms with van der Waals surface area (Å²) in [7, 11) is -4.30. The minimum absolute atomic E-state index is 0.145. The summed E-state index contributed by atoms with van der Waals surface area (Å²) in [6.07, 6.45) is 1.76. The third-order valence-corrected chi connectivity index (χ3v) is 5.49. The number of ether oxygens (including phenoxy) is 1. The summed E-state index contributed by atoms with van der Waals surface area (Å²) in [6, 6.07) is 13.2. The minimum Gasteiger partial charge on any atom is -0.438 e. The number of hydrogen-bond donors (Lipinski definition) is 1. The van der Waals surface area contributed by atoms with E-state index in [1.807, 2.05) is 13.0 Å². The van der Waals surface area contributed by atoms with Gasteiger partial charge in [-0.1, -0.05) is 0 Å². The highest BCUT2D eigenvalue weighted by Gasteiger charge is 2.20. The summed E-state index contributed by atoms with van der Waals surface area (Å²) >= 11 is 0. The second-order valence-electron chi connectivity index (χ2n) is 6.44. The number of nitrogens with one attached hydrogen (secondary N) is 1. The molecule has 31 heavy (non-hydrogen) atoms. The van der Waals surface area contributed by atoms with Gasteiger partial charge in [-0.05, 0) is 61.5 Å². The van der Waals surface area contributed by atoms with Crippen LogP contribution in [0.4, 0.5) is 14.5 Å². The lowest BCUT2D eigenvalue weighted by atomic mass is 10.3. The second-order valence-corrected chi connectivity index (χ2v) is 8.09. The van der Waals surface area contributed by atoms with Crippen LogP contribution in [0, 0.1) is 18.6 Å². The Morgan fingerprint density at radius 2 is 1.74 bits per heavy atom. The minimum atomic E-state index is -4.30. The summed E-state index contributed by atoms with van der Waals surface area (Å²) in [5.41, 5.74) is 0.990. The van der Waals surface area contributed by atoms with E-state index in [1.165, 1.54) is 24.3 Å². The Morgan fingerprint density at radius 3 is 2.39 bits per heavy atom. The highest BCUT2D eigenvalue weighted by atomic mass is 32.2. The van der Waals surface area contributed by atoms with E-state index in [2.05, 4.69) is 20.0 Å².